The minimum atomic E-state index is -0.0365. The number of carbonyl (C=O) groups is 1. The highest BCUT2D eigenvalue weighted by atomic mass is 16.2. The van der Waals surface area contributed by atoms with Crippen molar-refractivity contribution in [2.45, 2.75) is 32.2 Å². The summed E-state index contributed by atoms with van der Waals surface area (Å²) >= 11 is 0. The van der Waals surface area contributed by atoms with Gasteiger partial charge in [-0.05, 0) is 38.3 Å². The highest BCUT2D eigenvalue weighted by Crippen LogP contribution is 2.12. The van der Waals surface area contributed by atoms with Crippen molar-refractivity contribution in [3.63, 3.8) is 0 Å². The van der Waals surface area contributed by atoms with Gasteiger partial charge in [0.2, 0.25) is 0 Å². The molecule has 17 heavy (non-hydrogen) atoms. The number of rotatable bonds is 2. The van der Waals surface area contributed by atoms with Gasteiger partial charge in [-0.15, -0.1) is 0 Å². The van der Waals surface area contributed by atoms with E-state index in [0.717, 1.165) is 31.6 Å². The number of carbonyl (C=O) groups excluding carboxylic acids is 1. The van der Waals surface area contributed by atoms with Gasteiger partial charge in [0.15, 0.2) is 0 Å². The van der Waals surface area contributed by atoms with Crippen molar-refractivity contribution in [3.8, 4) is 0 Å². The zero-order valence-electron chi connectivity index (χ0n) is 10.2. The fraction of sp³-hybridized carbons (Fsp3) is 0.538. The molecule has 1 aliphatic heterocycles. The van der Waals surface area contributed by atoms with Crippen LogP contribution in [0.2, 0.25) is 0 Å². The Morgan fingerprint density at radius 1 is 1.35 bits per heavy atom. The highest BCUT2D eigenvalue weighted by Gasteiger charge is 2.18. The molecular formula is C13H19N3O. The van der Waals surface area contributed by atoms with Crippen molar-refractivity contribution in [2.24, 2.45) is 0 Å². The molecule has 1 unspecified atom stereocenters. The molecule has 4 nitrogen and oxygen atoms in total. The summed E-state index contributed by atoms with van der Waals surface area (Å²) < 4.78 is 0. The Morgan fingerprint density at radius 3 is 2.76 bits per heavy atom. The van der Waals surface area contributed by atoms with Gasteiger partial charge in [0.1, 0.15) is 0 Å². The van der Waals surface area contributed by atoms with Crippen LogP contribution in [0.25, 0.3) is 0 Å². The van der Waals surface area contributed by atoms with Crippen molar-refractivity contribution in [1.82, 2.24) is 15.2 Å². The number of likely N-dealkylation sites (tertiary alicyclic amines) is 1. The van der Waals surface area contributed by atoms with Crippen molar-refractivity contribution in [3.05, 3.63) is 30.1 Å². The normalized spacial score (nSPS) is 17.6. The lowest BCUT2D eigenvalue weighted by Crippen LogP contribution is -2.43. The maximum Gasteiger partial charge on any atom is 0.317 e. The molecule has 1 atom stereocenters. The Labute approximate surface area is 102 Å². The summed E-state index contributed by atoms with van der Waals surface area (Å²) in [5.74, 6) is 0. The summed E-state index contributed by atoms with van der Waals surface area (Å²) in [6.07, 6.45) is 5.22. The third kappa shape index (κ3) is 3.19. The highest BCUT2D eigenvalue weighted by molar-refractivity contribution is 5.74. The van der Waals surface area contributed by atoms with E-state index in [2.05, 4.69) is 10.3 Å². The van der Waals surface area contributed by atoms with Gasteiger partial charge in [0, 0.05) is 19.3 Å². The third-order valence-corrected chi connectivity index (χ3v) is 3.11. The lowest BCUT2D eigenvalue weighted by atomic mass is 10.1. The Hall–Kier alpha value is -1.58. The first-order valence-electron chi connectivity index (χ1n) is 6.24. The number of hydrogen-bond acceptors (Lipinski definition) is 2. The quantitative estimate of drug-likeness (QED) is 0.852. The van der Waals surface area contributed by atoms with Crippen LogP contribution in [0, 0.1) is 0 Å². The van der Waals surface area contributed by atoms with E-state index in [1.807, 2.05) is 30.0 Å². The van der Waals surface area contributed by atoms with Crippen LogP contribution < -0.4 is 5.32 Å². The lowest BCUT2D eigenvalue weighted by Gasteiger charge is -2.28. The second-order valence-electron chi connectivity index (χ2n) is 4.47. The molecule has 1 N–H and O–H groups in total. The van der Waals surface area contributed by atoms with Crippen LogP contribution in [0.3, 0.4) is 0 Å². The summed E-state index contributed by atoms with van der Waals surface area (Å²) in [7, 11) is 0. The minimum Gasteiger partial charge on any atom is -0.330 e. The van der Waals surface area contributed by atoms with Crippen LogP contribution in [0.5, 0.6) is 0 Å². The van der Waals surface area contributed by atoms with Gasteiger partial charge in [-0.2, -0.15) is 0 Å². The number of nitrogens with one attached hydrogen (secondary N) is 1. The van der Waals surface area contributed by atoms with Crippen molar-refractivity contribution < 1.29 is 4.79 Å². The lowest BCUT2D eigenvalue weighted by molar-refractivity contribution is 0.183. The summed E-state index contributed by atoms with van der Waals surface area (Å²) in [4.78, 5) is 18.1. The Bertz CT molecular complexity index is 360. The van der Waals surface area contributed by atoms with E-state index >= 15 is 0 Å². The van der Waals surface area contributed by atoms with Gasteiger partial charge in [-0.1, -0.05) is 6.07 Å². The molecular weight excluding hydrogens is 214 g/mol. The monoisotopic (exact) mass is 233 g/mol. The molecule has 1 aromatic heterocycles. The average molecular weight is 233 g/mol. The minimum absolute atomic E-state index is 0.0304. The molecule has 2 amide bonds. The topological polar surface area (TPSA) is 45.2 Å². The first-order valence-corrected chi connectivity index (χ1v) is 6.24. The van der Waals surface area contributed by atoms with E-state index in [-0.39, 0.29) is 12.1 Å². The molecule has 92 valence electrons. The van der Waals surface area contributed by atoms with Gasteiger partial charge in [0.25, 0.3) is 0 Å². The number of pyridine rings is 1. The molecule has 1 aromatic rings. The molecule has 0 saturated carbocycles. The standard InChI is InChI=1S/C13H19N3O/c1-11(12-7-3-4-8-14-12)15-13(17)16-9-5-2-6-10-16/h3-4,7-8,11H,2,5-6,9-10H2,1H3,(H,15,17). The van der Waals surface area contributed by atoms with Crippen LogP contribution in [-0.4, -0.2) is 29.0 Å². The zero-order valence-corrected chi connectivity index (χ0v) is 10.2. The summed E-state index contributed by atoms with van der Waals surface area (Å²) in [5.41, 5.74) is 0.901. The summed E-state index contributed by atoms with van der Waals surface area (Å²) in [6, 6.07) is 5.74. The van der Waals surface area contributed by atoms with E-state index in [9.17, 15) is 4.79 Å². The third-order valence-electron chi connectivity index (χ3n) is 3.11. The molecule has 1 aliphatic rings. The van der Waals surface area contributed by atoms with Crippen LogP contribution >= 0.6 is 0 Å². The van der Waals surface area contributed by atoms with E-state index in [4.69, 9.17) is 0 Å². The number of aromatic nitrogens is 1. The molecule has 2 heterocycles. The Morgan fingerprint density at radius 2 is 2.12 bits per heavy atom. The van der Waals surface area contributed by atoms with Crippen molar-refractivity contribution >= 4 is 6.03 Å². The molecule has 1 fully saturated rings. The zero-order chi connectivity index (χ0) is 12.1. The second kappa shape index (κ2) is 5.66. The Kier molecular flexibility index (Phi) is 3.96. The second-order valence-corrected chi connectivity index (χ2v) is 4.47. The van der Waals surface area contributed by atoms with E-state index in [1.54, 1.807) is 6.20 Å². The van der Waals surface area contributed by atoms with Crippen LogP contribution in [0.15, 0.2) is 24.4 Å². The number of piperidine rings is 1. The summed E-state index contributed by atoms with van der Waals surface area (Å²) in [5, 5.41) is 2.99. The number of urea groups is 1. The molecule has 0 bridgehead atoms. The number of amides is 2. The van der Waals surface area contributed by atoms with E-state index < -0.39 is 0 Å². The van der Waals surface area contributed by atoms with Crippen LogP contribution in [-0.2, 0) is 0 Å². The first-order chi connectivity index (χ1) is 8.27. The molecule has 4 heteroatoms. The maximum absolute atomic E-state index is 12.0. The predicted molar refractivity (Wildman–Crippen MR) is 66.6 cm³/mol. The fourth-order valence-electron chi connectivity index (χ4n) is 2.08. The van der Waals surface area contributed by atoms with Gasteiger partial charge in [-0.3, -0.25) is 4.98 Å². The largest absolute Gasteiger partial charge is 0.330 e. The van der Waals surface area contributed by atoms with Crippen LogP contribution in [0.1, 0.15) is 37.9 Å². The molecule has 0 spiro atoms. The van der Waals surface area contributed by atoms with Gasteiger partial charge >= 0.3 is 6.03 Å². The number of nitrogens with zero attached hydrogens (tertiary/aromatic N) is 2. The van der Waals surface area contributed by atoms with Gasteiger partial charge in [0.05, 0.1) is 11.7 Å². The average Bonchev–Trinajstić information content (AvgIpc) is 2.40. The first kappa shape index (κ1) is 11.9. The van der Waals surface area contributed by atoms with Gasteiger partial charge in [-0.25, -0.2) is 4.79 Å². The van der Waals surface area contributed by atoms with E-state index in [0.29, 0.717) is 0 Å². The summed E-state index contributed by atoms with van der Waals surface area (Å²) in [6.45, 7) is 3.71. The number of hydrogen-bond donors (Lipinski definition) is 1. The smallest absolute Gasteiger partial charge is 0.317 e. The predicted octanol–water partition coefficient (Wildman–Crippen LogP) is 2.34. The molecule has 0 radical (unpaired) electrons. The molecule has 0 aliphatic carbocycles. The SMILES string of the molecule is CC(NC(=O)N1CCCCC1)c1ccccn1. The molecule has 2 rings (SSSR count). The molecule has 0 aromatic carbocycles. The van der Waals surface area contributed by atoms with Crippen molar-refractivity contribution in [1.29, 1.82) is 0 Å². The fourth-order valence-corrected chi connectivity index (χ4v) is 2.08. The van der Waals surface area contributed by atoms with E-state index in [1.165, 1.54) is 6.42 Å². The maximum atomic E-state index is 12.0. The van der Waals surface area contributed by atoms with Gasteiger partial charge < -0.3 is 10.2 Å². The molecule has 1 saturated heterocycles. The Balaban J connectivity index is 1.89. The van der Waals surface area contributed by atoms with Crippen LogP contribution in [0.4, 0.5) is 4.79 Å². The van der Waals surface area contributed by atoms with Crippen molar-refractivity contribution in [2.75, 3.05) is 13.1 Å².